The van der Waals surface area contributed by atoms with Gasteiger partial charge in [0.05, 0.1) is 11.0 Å². The smallest absolute Gasteiger partial charge is 0.273 e. The highest BCUT2D eigenvalue weighted by molar-refractivity contribution is 5.97. The quantitative estimate of drug-likeness (QED) is 0.476. The van der Waals surface area contributed by atoms with E-state index in [0.29, 0.717) is 11.3 Å². The zero-order valence-electron chi connectivity index (χ0n) is 10.9. The van der Waals surface area contributed by atoms with Crippen molar-refractivity contribution in [2.45, 2.75) is 6.92 Å². The summed E-state index contributed by atoms with van der Waals surface area (Å²) in [5, 5.41) is 10.7. The predicted octanol–water partition coefficient (Wildman–Crippen LogP) is 3.16. The van der Waals surface area contributed by atoms with Crippen molar-refractivity contribution in [1.82, 2.24) is 0 Å². The highest BCUT2D eigenvalue weighted by atomic mass is 16.6. The highest BCUT2D eigenvalue weighted by Crippen LogP contribution is 2.24. The third kappa shape index (κ3) is 3.20. The Hall–Kier alpha value is -2.69. The molecule has 102 valence electrons. The first-order valence-corrected chi connectivity index (χ1v) is 6.04. The summed E-state index contributed by atoms with van der Waals surface area (Å²) in [5.74, 6) is 0.181. The molecule has 0 aliphatic rings. The van der Waals surface area contributed by atoms with E-state index < -0.39 is 4.92 Å². The zero-order valence-corrected chi connectivity index (χ0v) is 10.9. The Balaban J connectivity index is 2.09. The van der Waals surface area contributed by atoms with Gasteiger partial charge in [-0.1, -0.05) is 30.3 Å². The third-order valence-corrected chi connectivity index (χ3v) is 2.84. The summed E-state index contributed by atoms with van der Waals surface area (Å²) in [6.45, 7) is 1.62. The molecule has 0 aliphatic heterocycles. The van der Waals surface area contributed by atoms with Gasteiger partial charge < -0.3 is 4.74 Å². The van der Waals surface area contributed by atoms with Crippen molar-refractivity contribution in [3.05, 3.63) is 69.8 Å². The molecule has 0 fully saturated rings. The zero-order chi connectivity index (χ0) is 14.5. The van der Waals surface area contributed by atoms with Gasteiger partial charge in [0.15, 0.2) is 12.4 Å². The lowest BCUT2D eigenvalue weighted by Crippen LogP contribution is -2.12. The average molecular weight is 271 g/mol. The minimum atomic E-state index is -0.495. The van der Waals surface area contributed by atoms with Crippen molar-refractivity contribution in [2.24, 2.45) is 0 Å². The fourth-order valence-electron chi connectivity index (χ4n) is 1.71. The summed E-state index contributed by atoms with van der Waals surface area (Å²) in [6, 6.07) is 13.1. The van der Waals surface area contributed by atoms with Crippen LogP contribution in [0.25, 0.3) is 0 Å². The number of carbonyl (C=O) groups excluding carboxylic acids is 1. The number of carbonyl (C=O) groups is 1. The van der Waals surface area contributed by atoms with Gasteiger partial charge in [-0.05, 0) is 18.6 Å². The third-order valence-electron chi connectivity index (χ3n) is 2.84. The van der Waals surface area contributed by atoms with Gasteiger partial charge in [-0.15, -0.1) is 0 Å². The Morgan fingerprint density at radius 2 is 1.90 bits per heavy atom. The lowest BCUT2D eigenvalue weighted by Gasteiger charge is -2.08. The molecule has 0 amide bonds. The number of non-ortho nitro benzene ring substituents is 1. The average Bonchev–Trinajstić information content (AvgIpc) is 2.46. The summed E-state index contributed by atoms with van der Waals surface area (Å²) in [5.41, 5.74) is 1.24. The molecule has 0 aliphatic carbocycles. The predicted molar refractivity (Wildman–Crippen MR) is 74.1 cm³/mol. The lowest BCUT2D eigenvalue weighted by molar-refractivity contribution is -0.384. The Bertz CT molecular complexity index is 638. The first kappa shape index (κ1) is 13.7. The largest absolute Gasteiger partial charge is 0.485 e. The molecule has 0 saturated carbocycles. The molecule has 5 heteroatoms. The SMILES string of the molecule is Cc1ccc([N+](=O)[O-])cc1OCC(=O)c1ccccc1. The molecule has 2 rings (SSSR count). The summed E-state index contributed by atoms with van der Waals surface area (Å²) in [7, 11) is 0. The van der Waals surface area contributed by atoms with E-state index in [1.165, 1.54) is 12.1 Å². The molecule has 0 heterocycles. The van der Waals surface area contributed by atoms with Crippen molar-refractivity contribution in [1.29, 1.82) is 0 Å². The van der Waals surface area contributed by atoms with E-state index in [1.54, 1.807) is 37.3 Å². The van der Waals surface area contributed by atoms with Crippen molar-refractivity contribution in [3.8, 4) is 5.75 Å². The molecular weight excluding hydrogens is 258 g/mol. The number of Topliss-reactive ketones (excluding diaryl/α,β-unsaturated/α-hetero) is 1. The molecule has 0 bridgehead atoms. The van der Waals surface area contributed by atoms with Crippen molar-refractivity contribution < 1.29 is 14.5 Å². The van der Waals surface area contributed by atoms with Crippen LogP contribution in [-0.2, 0) is 0 Å². The maximum absolute atomic E-state index is 11.9. The van der Waals surface area contributed by atoms with E-state index in [4.69, 9.17) is 4.74 Å². The molecule has 5 nitrogen and oxygen atoms in total. The topological polar surface area (TPSA) is 69.4 Å². The Morgan fingerprint density at radius 1 is 1.20 bits per heavy atom. The molecule has 0 spiro atoms. The van der Waals surface area contributed by atoms with Crippen LogP contribution < -0.4 is 4.74 Å². The van der Waals surface area contributed by atoms with Gasteiger partial charge in [-0.25, -0.2) is 0 Å². The van der Waals surface area contributed by atoms with Crippen LogP contribution in [0.15, 0.2) is 48.5 Å². The van der Waals surface area contributed by atoms with Crippen LogP contribution in [0, 0.1) is 17.0 Å². The molecule has 20 heavy (non-hydrogen) atoms. The van der Waals surface area contributed by atoms with Crippen LogP contribution >= 0.6 is 0 Å². The molecule has 0 atom stereocenters. The molecule has 0 radical (unpaired) electrons. The second-order valence-corrected chi connectivity index (χ2v) is 4.28. The van der Waals surface area contributed by atoms with E-state index in [-0.39, 0.29) is 18.1 Å². The van der Waals surface area contributed by atoms with E-state index >= 15 is 0 Å². The number of nitro groups is 1. The highest BCUT2D eigenvalue weighted by Gasteiger charge is 2.11. The first-order chi connectivity index (χ1) is 9.58. The first-order valence-electron chi connectivity index (χ1n) is 6.04. The van der Waals surface area contributed by atoms with E-state index in [1.807, 2.05) is 6.07 Å². The van der Waals surface area contributed by atoms with Crippen molar-refractivity contribution >= 4 is 11.5 Å². The number of ether oxygens (including phenoxy) is 1. The number of aryl methyl sites for hydroxylation is 1. The Labute approximate surface area is 116 Å². The monoisotopic (exact) mass is 271 g/mol. The Morgan fingerprint density at radius 3 is 2.55 bits per heavy atom. The van der Waals surface area contributed by atoms with Crippen LogP contribution in [-0.4, -0.2) is 17.3 Å². The van der Waals surface area contributed by atoms with Gasteiger partial charge in [-0.3, -0.25) is 14.9 Å². The molecule has 2 aromatic rings. The van der Waals surface area contributed by atoms with E-state index in [9.17, 15) is 14.9 Å². The van der Waals surface area contributed by atoms with Gasteiger partial charge in [0, 0.05) is 11.6 Å². The number of nitro benzene ring substituents is 1. The number of benzene rings is 2. The molecule has 0 N–H and O–H groups in total. The summed E-state index contributed by atoms with van der Waals surface area (Å²) in [4.78, 5) is 22.1. The number of hydrogen-bond donors (Lipinski definition) is 0. The minimum Gasteiger partial charge on any atom is -0.485 e. The van der Waals surface area contributed by atoms with Gasteiger partial charge >= 0.3 is 0 Å². The van der Waals surface area contributed by atoms with Gasteiger partial charge in [0.1, 0.15) is 5.75 Å². The maximum Gasteiger partial charge on any atom is 0.273 e. The van der Waals surface area contributed by atoms with Gasteiger partial charge in [-0.2, -0.15) is 0 Å². The van der Waals surface area contributed by atoms with Crippen LogP contribution in [0.1, 0.15) is 15.9 Å². The molecule has 0 unspecified atom stereocenters. The summed E-state index contributed by atoms with van der Waals surface area (Å²) < 4.78 is 5.39. The van der Waals surface area contributed by atoms with E-state index in [2.05, 4.69) is 0 Å². The van der Waals surface area contributed by atoms with Gasteiger partial charge in [0.2, 0.25) is 0 Å². The number of rotatable bonds is 5. The lowest BCUT2D eigenvalue weighted by atomic mass is 10.1. The van der Waals surface area contributed by atoms with E-state index in [0.717, 1.165) is 5.56 Å². The summed E-state index contributed by atoms with van der Waals surface area (Å²) in [6.07, 6.45) is 0. The normalized spacial score (nSPS) is 10.1. The fourth-order valence-corrected chi connectivity index (χ4v) is 1.71. The van der Waals surface area contributed by atoms with Crippen LogP contribution in [0.3, 0.4) is 0 Å². The van der Waals surface area contributed by atoms with Crippen LogP contribution in [0.2, 0.25) is 0 Å². The molecule has 0 saturated heterocycles. The summed E-state index contributed by atoms with van der Waals surface area (Å²) >= 11 is 0. The van der Waals surface area contributed by atoms with Crippen LogP contribution in [0.4, 0.5) is 5.69 Å². The molecular formula is C15H13NO4. The van der Waals surface area contributed by atoms with Crippen molar-refractivity contribution in [2.75, 3.05) is 6.61 Å². The molecule has 0 aromatic heterocycles. The fraction of sp³-hybridized carbons (Fsp3) is 0.133. The second kappa shape index (κ2) is 5.97. The second-order valence-electron chi connectivity index (χ2n) is 4.28. The number of ketones is 1. The standard InChI is InChI=1S/C15H13NO4/c1-11-7-8-13(16(18)19)9-15(11)20-10-14(17)12-5-3-2-4-6-12/h2-9H,10H2,1H3. The Kier molecular flexibility index (Phi) is 4.10. The number of hydrogen-bond acceptors (Lipinski definition) is 4. The minimum absolute atomic E-state index is 0.0576. The number of nitrogens with zero attached hydrogens (tertiary/aromatic N) is 1. The molecule has 2 aromatic carbocycles. The maximum atomic E-state index is 11.9. The van der Waals surface area contributed by atoms with Crippen molar-refractivity contribution in [3.63, 3.8) is 0 Å². The van der Waals surface area contributed by atoms with Gasteiger partial charge in [0.25, 0.3) is 5.69 Å². The van der Waals surface area contributed by atoms with Crippen LogP contribution in [0.5, 0.6) is 5.75 Å².